The molecular formula is C24H26N2O7. The third-order valence-corrected chi connectivity index (χ3v) is 6.15. The molecule has 2 fully saturated rings. The van der Waals surface area contributed by atoms with E-state index >= 15 is 0 Å². The molecule has 1 amide bonds. The molecule has 174 valence electrons. The largest absolute Gasteiger partial charge is 0.507 e. The number of carbonyl (C=O) groups excluding carboxylic acids is 2. The lowest BCUT2D eigenvalue weighted by Gasteiger charge is -2.28. The van der Waals surface area contributed by atoms with Gasteiger partial charge in [0, 0.05) is 31.7 Å². The molecule has 1 aromatic carbocycles. The molecule has 0 aliphatic carbocycles. The maximum atomic E-state index is 13.1. The number of fused-ring (bicyclic) bond motifs is 1. The molecule has 9 nitrogen and oxygen atoms in total. The number of ketones is 1. The summed E-state index contributed by atoms with van der Waals surface area (Å²) >= 11 is 0. The number of furan rings is 1. The number of benzene rings is 1. The van der Waals surface area contributed by atoms with E-state index < -0.39 is 17.7 Å². The fourth-order valence-corrected chi connectivity index (χ4v) is 4.49. The number of morpholine rings is 1. The Morgan fingerprint density at radius 3 is 2.55 bits per heavy atom. The number of hydrogen-bond donors (Lipinski definition) is 1. The van der Waals surface area contributed by atoms with E-state index in [0.29, 0.717) is 62.2 Å². The van der Waals surface area contributed by atoms with Gasteiger partial charge in [-0.2, -0.15) is 0 Å². The second-order valence-electron chi connectivity index (χ2n) is 8.17. The summed E-state index contributed by atoms with van der Waals surface area (Å²) in [5.41, 5.74) is 0.389. The molecule has 1 N–H and O–H groups in total. The van der Waals surface area contributed by atoms with Crippen LogP contribution in [-0.2, 0) is 14.3 Å². The minimum absolute atomic E-state index is 0.0120. The maximum absolute atomic E-state index is 13.1. The number of aliphatic hydroxyl groups is 1. The molecule has 0 radical (unpaired) electrons. The summed E-state index contributed by atoms with van der Waals surface area (Å²) < 4.78 is 22.1. The van der Waals surface area contributed by atoms with Gasteiger partial charge in [0.05, 0.1) is 25.1 Å². The highest BCUT2D eigenvalue weighted by atomic mass is 16.6. The molecule has 33 heavy (non-hydrogen) atoms. The molecule has 2 saturated heterocycles. The molecule has 0 saturated carbocycles. The van der Waals surface area contributed by atoms with E-state index in [-0.39, 0.29) is 11.3 Å². The summed E-state index contributed by atoms with van der Waals surface area (Å²) in [6, 6.07) is 7.57. The van der Waals surface area contributed by atoms with Crippen LogP contribution in [0, 0.1) is 0 Å². The highest BCUT2D eigenvalue weighted by Gasteiger charge is 2.47. The van der Waals surface area contributed by atoms with Gasteiger partial charge in [-0.05, 0) is 36.8 Å². The van der Waals surface area contributed by atoms with E-state index in [1.54, 1.807) is 30.3 Å². The number of rotatable bonds is 6. The summed E-state index contributed by atoms with van der Waals surface area (Å²) in [6.07, 6.45) is 2.18. The van der Waals surface area contributed by atoms with Crippen molar-refractivity contribution in [2.75, 3.05) is 52.6 Å². The Balaban J connectivity index is 1.44. The van der Waals surface area contributed by atoms with Gasteiger partial charge in [-0.1, -0.05) is 0 Å². The van der Waals surface area contributed by atoms with Gasteiger partial charge in [0.25, 0.3) is 11.7 Å². The van der Waals surface area contributed by atoms with Gasteiger partial charge < -0.3 is 28.6 Å². The van der Waals surface area contributed by atoms with Gasteiger partial charge in [-0.25, -0.2) is 0 Å². The van der Waals surface area contributed by atoms with Crippen LogP contribution in [0.25, 0.3) is 5.76 Å². The first kappa shape index (κ1) is 21.5. The minimum atomic E-state index is -0.794. The summed E-state index contributed by atoms with van der Waals surface area (Å²) in [5, 5.41) is 11.1. The zero-order valence-electron chi connectivity index (χ0n) is 18.2. The van der Waals surface area contributed by atoms with Gasteiger partial charge >= 0.3 is 0 Å². The normalized spacial score (nSPS) is 22.7. The quantitative estimate of drug-likeness (QED) is 0.403. The predicted octanol–water partition coefficient (Wildman–Crippen LogP) is 2.19. The summed E-state index contributed by atoms with van der Waals surface area (Å²) in [7, 11) is 0. The Bertz CT molecular complexity index is 1060. The number of nitrogens with zero attached hydrogens (tertiary/aromatic N) is 2. The average molecular weight is 454 g/mol. The summed E-state index contributed by atoms with van der Waals surface area (Å²) in [6.45, 7) is 5.11. The van der Waals surface area contributed by atoms with E-state index in [0.717, 1.165) is 19.6 Å². The molecule has 9 heteroatoms. The van der Waals surface area contributed by atoms with E-state index in [2.05, 4.69) is 4.90 Å². The van der Waals surface area contributed by atoms with Crippen LogP contribution in [0.15, 0.2) is 46.6 Å². The van der Waals surface area contributed by atoms with E-state index in [9.17, 15) is 14.7 Å². The average Bonchev–Trinajstić information content (AvgIpc) is 3.47. The van der Waals surface area contributed by atoms with Crippen LogP contribution < -0.4 is 9.47 Å². The zero-order valence-corrected chi connectivity index (χ0v) is 18.2. The molecule has 1 aromatic heterocycles. The molecule has 0 bridgehead atoms. The van der Waals surface area contributed by atoms with Crippen molar-refractivity contribution in [1.82, 2.24) is 9.80 Å². The number of aliphatic hydroxyl groups excluding tert-OH is 1. The molecule has 3 aliphatic heterocycles. The Kier molecular flexibility index (Phi) is 6.06. The van der Waals surface area contributed by atoms with Crippen molar-refractivity contribution in [1.29, 1.82) is 0 Å². The number of ether oxygens (including phenoxy) is 3. The number of carbonyl (C=O) groups is 2. The Labute approximate surface area is 191 Å². The third kappa shape index (κ3) is 4.21. The monoisotopic (exact) mass is 454 g/mol. The molecule has 4 heterocycles. The topological polar surface area (TPSA) is 102 Å². The fourth-order valence-electron chi connectivity index (χ4n) is 4.49. The predicted molar refractivity (Wildman–Crippen MR) is 117 cm³/mol. The summed E-state index contributed by atoms with van der Waals surface area (Å²) in [5.74, 6) is -0.141. The smallest absolute Gasteiger partial charge is 0.295 e. The van der Waals surface area contributed by atoms with Crippen molar-refractivity contribution in [2.45, 2.75) is 12.5 Å². The van der Waals surface area contributed by atoms with Crippen LogP contribution in [0.2, 0.25) is 0 Å². The maximum Gasteiger partial charge on any atom is 0.295 e. The summed E-state index contributed by atoms with van der Waals surface area (Å²) in [4.78, 5) is 29.8. The molecule has 0 spiro atoms. The molecule has 1 unspecified atom stereocenters. The Hall–Kier alpha value is -3.30. The molecule has 5 rings (SSSR count). The second kappa shape index (κ2) is 9.29. The van der Waals surface area contributed by atoms with Crippen molar-refractivity contribution in [3.05, 3.63) is 53.5 Å². The molecule has 3 aliphatic rings. The lowest BCUT2D eigenvalue weighted by Crippen LogP contribution is -2.38. The van der Waals surface area contributed by atoms with Crippen LogP contribution in [0.1, 0.15) is 23.8 Å². The Morgan fingerprint density at radius 2 is 1.79 bits per heavy atom. The lowest BCUT2D eigenvalue weighted by atomic mass is 9.99. The van der Waals surface area contributed by atoms with Crippen LogP contribution in [-0.4, -0.2) is 79.2 Å². The SMILES string of the molecule is O=C1C(=O)N(CCCN2CCOCC2)C(c2ccco2)/C1=C(/O)c1ccc2c(c1)OCCO2. The standard InChI is InChI=1S/C24H26N2O7/c27-22(16-4-5-17-19(15-16)33-14-13-32-17)20-21(18-3-1-10-31-18)26(24(29)23(20)28)7-2-6-25-8-11-30-12-9-25/h1,3-5,10,15,21,27H,2,6-9,11-14H2/b22-20-. The van der Waals surface area contributed by atoms with Crippen LogP contribution in [0.5, 0.6) is 11.5 Å². The van der Waals surface area contributed by atoms with Crippen molar-refractivity contribution >= 4 is 17.4 Å². The second-order valence-corrected chi connectivity index (χ2v) is 8.17. The van der Waals surface area contributed by atoms with Crippen molar-refractivity contribution in [2.24, 2.45) is 0 Å². The molecule has 2 aromatic rings. The number of Topliss-reactive ketones (excluding diaryl/α,β-unsaturated/α-hetero) is 1. The van der Waals surface area contributed by atoms with Gasteiger partial charge in [-0.15, -0.1) is 0 Å². The van der Waals surface area contributed by atoms with Crippen LogP contribution >= 0.6 is 0 Å². The Morgan fingerprint density at radius 1 is 1.00 bits per heavy atom. The highest BCUT2D eigenvalue weighted by Crippen LogP contribution is 2.41. The van der Waals surface area contributed by atoms with Gasteiger partial charge in [-0.3, -0.25) is 14.5 Å². The first-order chi connectivity index (χ1) is 16.1. The van der Waals surface area contributed by atoms with E-state index in [1.807, 2.05) is 0 Å². The van der Waals surface area contributed by atoms with Crippen LogP contribution in [0.3, 0.4) is 0 Å². The number of hydrogen-bond acceptors (Lipinski definition) is 8. The van der Waals surface area contributed by atoms with Crippen LogP contribution in [0.4, 0.5) is 0 Å². The van der Waals surface area contributed by atoms with E-state index in [4.69, 9.17) is 18.6 Å². The zero-order chi connectivity index (χ0) is 22.8. The highest BCUT2D eigenvalue weighted by molar-refractivity contribution is 6.46. The van der Waals surface area contributed by atoms with Gasteiger partial charge in [0.1, 0.15) is 30.8 Å². The van der Waals surface area contributed by atoms with Gasteiger partial charge in [0.2, 0.25) is 0 Å². The van der Waals surface area contributed by atoms with Gasteiger partial charge in [0.15, 0.2) is 11.5 Å². The van der Waals surface area contributed by atoms with Crippen molar-refractivity contribution < 1.29 is 33.3 Å². The number of amides is 1. The first-order valence-corrected chi connectivity index (χ1v) is 11.2. The third-order valence-electron chi connectivity index (χ3n) is 6.15. The first-order valence-electron chi connectivity index (χ1n) is 11.2. The lowest BCUT2D eigenvalue weighted by molar-refractivity contribution is -0.140. The van der Waals surface area contributed by atoms with E-state index in [1.165, 1.54) is 11.2 Å². The molecular weight excluding hydrogens is 428 g/mol. The molecule has 1 atom stereocenters. The minimum Gasteiger partial charge on any atom is -0.507 e. The fraction of sp³-hybridized carbons (Fsp3) is 0.417. The van der Waals surface area contributed by atoms with Crippen molar-refractivity contribution in [3.8, 4) is 11.5 Å². The van der Waals surface area contributed by atoms with Crippen molar-refractivity contribution in [3.63, 3.8) is 0 Å². The number of likely N-dealkylation sites (tertiary alicyclic amines) is 1.